The summed E-state index contributed by atoms with van der Waals surface area (Å²) in [6.45, 7) is 2.48. The Morgan fingerprint density at radius 1 is 1.12 bits per heavy atom. The normalized spacial score (nSPS) is 14.2. The van der Waals surface area contributed by atoms with E-state index in [1.165, 1.54) is 23.8 Å². The minimum Gasteiger partial charge on any atom is -0.489 e. The molecule has 4 rings (SSSR count). The number of esters is 1. The van der Waals surface area contributed by atoms with Crippen LogP contribution in [0.1, 0.15) is 22.3 Å². The number of nitro groups is 1. The molecule has 0 N–H and O–H groups in total. The topological polar surface area (TPSA) is 91.0 Å². The van der Waals surface area contributed by atoms with Crippen molar-refractivity contribution in [2.45, 2.75) is 13.5 Å². The summed E-state index contributed by atoms with van der Waals surface area (Å²) in [4.78, 5) is 26.9. The summed E-state index contributed by atoms with van der Waals surface area (Å²) in [5.74, 6) is 0.0387. The molecular formula is C24H17ClN2O5. The van der Waals surface area contributed by atoms with Crippen molar-refractivity contribution in [1.29, 1.82) is 0 Å². The van der Waals surface area contributed by atoms with Gasteiger partial charge in [0.25, 0.3) is 5.69 Å². The van der Waals surface area contributed by atoms with Crippen LogP contribution in [0.25, 0.3) is 6.08 Å². The van der Waals surface area contributed by atoms with Crippen molar-refractivity contribution in [2.24, 2.45) is 4.99 Å². The number of halogens is 1. The summed E-state index contributed by atoms with van der Waals surface area (Å²) >= 11 is 5.83. The Morgan fingerprint density at radius 2 is 1.91 bits per heavy atom. The molecule has 0 amide bonds. The third-order valence-corrected chi connectivity index (χ3v) is 5.00. The molecule has 0 spiro atoms. The van der Waals surface area contributed by atoms with Crippen LogP contribution < -0.4 is 4.74 Å². The summed E-state index contributed by atoms with van der Waals surface area (Å²) < 4.78 is 11.0. The van der Waals surface area contributed by atoms with Crippen LogP contribution in [0.5, 0.6) is 5.75 Å². The van der Waals surface area contributed by atoms with Gasteiger partial charge in [-0.1, -0.05) is 53.6 Å². The Bertz CT molecular complexity index is 1270. The second-order valence-corrected chi connectivity index (χ2v) is 7.51. The fraction of sp³-hybridized carbons (Fsp3) is 0.0833. The highest BCUT2D eigenvalue weighted by atomic mass is 35.5. The zero-order chi connectivity index (χ0) is 22.7. The smallest absolute Gasteiger partial charge is 0.363 e. The van der Waals surface area contributed by atoms with E-state index in [1.807, 2.05) is 25.1 Å². The fourth-order valence-corrected chi connectivity index (χ4v) is 3.29. The lowest BCUT2D eigenvalue weighted by atomic mass is 10.1. The van der Waals surface area contributed by atoms with Crippen molar-refractivity contribution in [3.05, 3.63) is 110 Å². The van der Waals surface area contributed by atoms with Crippen molar-refractivity contribution >= 4 is 35.2 Å². The highest BCUT2D eigenvalue weighted by Gasteiger charge is 2.26. The van der Waals surface area contributed by atoms with Crippen molar-refractivity contribution in [1.82, 2.24) is 0 Å². The van der Waals surface area contributed by atoms with E-state index in [0.29, 0.717) is 12.4 Å². The summed E-state index contributed by atoms with van der Waals surface area (Å²) in [5, 5.41) is 11.1. The van der Waals surface area contributed by atoms with Gasteiger partial charge in [0.2, 0.25) is 5.90 Å². The van der Waals surface area contributed by atoms with E-state index < -0.39 is 10.9 Å². The minimum absolute atomic E-state index is 0.0100. The van der Waals surface area contributed by atoms with Crippen LogP contribution in [-0.2, 0) is 16.1 Å². The molecule has 0 fully saturated rings. The van der Waals surface area contributed by atoms with Gasteiger partial charge in [0.15, 0.2) is 5.70 Å². The van der Waals surface area contributed by atoms with Crippen LogP contribution >= 0.6 is 11.6 Å². The number of aryl methyl sites for hydroxylation is 1. The van der Waals surface area contributed by atoms with Gasteiger partial charge in [-0.2, -0.15) is 0 Å². The van der Waals surface area contributed by atoms with E-state index in [0.717, 1.165) is 11.1 Å². The zero-order valence-electron chi connectivity index (χ0n) is 16.9. The van der Waals surface area contributed by atoms with E-state index in [-0.39, 0.29) is 27.9 Å². The zero-order valence-corrected chi connectivity index (χ0v) is 17.7. The molecular weight excluding hydrogens is 432 g/mol. The van der Waals surface area contributed by atoms with Gasteiger partial charge in [-0.25, -0.2) is 9.79 Å². The van der Waals surface area contributed by atoms with Crippen molar-refractivity contribution in [2.75, 3.05) is 0 Å². The van der Waals surface area contributed by atoms with Crippen molar-refractivity contribution in [3.8, 4) is 5.75 Å². The first-order valence-electron chi connectivity index (χ1n) is 9.64. The molecule has 3 aromatic carbocycles. The fourth-order valence-electron chi connectivity index (χ4n) is 3.10. The quantitative estimate of drug-likeness (QED) is 0.215. The molecule has 0 saturated heterocycles. The number of hydrogen-bond donors (Lipinski definition) is 0. The van der Waals surface area contributed by atoms with Gasteiger partial charge in [0.1, 0.15) is 17.4 Å². The molecule has 0 bridgehead atoms. The van der Waals surface area contributed by atoms with E-state index in [1.54, 1.807) is 30.3 Å². The lowest BCUT2D eigenvalue weighted by Gasteiger charge is -2.07. The third-order valence-electron chi connectivity index (χ3n) is 4.68. The van der Waals surface area contributed by atoms with Gasteiger partial charge in [-0.15, -0.1) is 0 Å². The average Bonchev–Trinajstić information content (AvgIpc) is 3.13. The van der Waals surface area contributed by atoms with Crippen LogP contribution in [0.4, 0.5) is 5.69 Å². The number of cyclic esters (lactones) is 1. The Balaban J connectivity index is 1.48. The maximum Gasteiger partial charge on any atom is 0.363 e. The number of nitrogens with zero attached hydrogens (tertiary/aromatic N) is 2. The molecule has 0 unspecified atom stereocenters. The van der Waals surface area contributed by atoms with E-state index in [4.69, 9.17) is 21.1 Å². The van der Waals surface area contributed by atoms with Crippen LogP contribution in [0.2, 0.25) is 5.02 Å². The van der Waals surface area contributed by atoms with Crippen molar-refractivity contribution < 1.29 is 19.2 Å². The first-order valence-corrected chi connectivity index (χ1v) is 10.0. The maximum atomic E-state index is 12.2. The molecule has 0 aromatic heterocycles. The van der Waals surface area contributed by atoms with Gasteiger partial charge in [-0.05, 0) is 48.4 Å². The van der Waals surface area contributed by atoms with Crippen LogP contribution in [-0.4, -0.2) is 16.8 Å². The SMILES string of the molecule is Cc1cccc(COc2ccc(/C=C3\N=C(c4ccc(Cl)c([N+](=O)[O-])c4)OC3=O)cc2)c1. The number of benzene rings is 3. The highest BCUT2D eigenvalue weighted by molar-refractivity contribution is 6.32. The summed E-state index contributed by atoms with van der Waals surface area (Å²) in [7, 11) is 0. The maximum absolute atomic E-state index is 12.2. The predicted octanol–water partition coefficient (Wildman–Crippen LogP) is 5.48. The first-order chi connectivity index (χ1) is 15.4. The molecule has 3 aromatic rings. The van der Waals surface area contributed by atoms with E-state index in [2.05, 4.69) is 11.1 Å². The molecule has 160 valence electrons. The third kappa shape index (κ3) is 4.84. The largest absolute Gasteiger partial charge is 0.489 e. The van der Waals surface area contributed by atoms with Gasteiger partial charge in [-0.3, -0.25) is 10.1 Å². The van der Waals surface area contributed by atoms with Crippen molar-refractivity contribution in [3.63, 3.8) is 0 Å². The summed E-state index contributed by atoms with van der Waals surface area (Å²) in [6.07, 6.45) is 1.57. The second kappa shape index (κ2) is 9.03. The molecule has 1 heterocycles. The molecule has 0 radical (unpaired) electrons. The Labute approximate surface area is 188 Å². The molecule has 1 aliphatic heterocycles. The number of hydrogen-bond acceptors (Lipinski definition) is 6. The van der Waals surface area contributed by atoms with Crippen LogP contribution in [0.15, 0.2) is 77.4 Å². The van der Waals surface area contributed by atoms with Gasteiger partial charge < -0.3 is 9.47 Å². The molecule has 32 heavy (non-hydrogen) atoms. The molecule has 7 nitrogen and oxygen atoms in total. The number of rotatable bonds is 6. The Hall–Kier alpha value is -3.97. The minimum atomic E-state index is -0.641. The molecule has 0 atom stereocenters. The molecule has 0 aliphatic carbocycles. The van der Waals surface area contributed by atoms with Crippen LogP contribution in [0.3, 0.4) is 0 Å². The Kier molecular flexibility index (Phi) is 6.00. The predicted molar refractivity (Wildman–Crippen MR) is 121 cm³/mol. The molecule has 8 heteroatoms. The number of nitro benzene ring substituents is 1. The summed E-state index contributed by atoms with van der Waals surface area (Å²) in [5.41, 5.74) is 3.07. The second-order valence-electron chi connectivity index (χ2n) is 7.11. The molecule has 0 saturated carbocycles. The average molecular weight is 449 g/mol. The monoisotopic (exact) mass is 448 g/mol. The number of carbonyl (C=O) groups excluding carboxylic acids is 1. The van der Waals surface area contributed by atoms with Gasteiger partial charge >= 0.3 is 5.97 Å². The Morgan fingerprint density at radius 3 is 2.62 bits per heavy atom. The first kappa shape index (κ1) is 21.3. The van der Waals surface area contributed by atoms with Crippen LogP contribution in [0, 0.1) is 17.0 Å². The van der Waals surface area contributed by atoms with Gasteiger partial charge in [0.05, 0.1) is 4.92 Å². The standard InChI is InChI=1S/C24H17ClN2O5/c1-15-3-2-4-17(11-15)14-31-19-8-5-16(6-9-19)12-21-24(28)32-23(26-21)18-7-10-20(25)22(13-18)27(29)30/h2-13H,14H2,1H3/b21-12-. The van der Waals surface area contributed by atoms with Gasteiger partial charge in [0, 0.05) is 11.6 Å². The number of carbonyl (C=O) groups is 1. The number of ether oxygens (including phenoxy) is 2. The number of aliphatic imine (C=N–C) groups is 1. The highest BCUT2D eigenvalue weighted by Crippen LogP contribution is 2.28. The molecule has 1 aliphatic rings. The lowest BCUT2D eigenvalue weighted by molar-refractivity contribution is -0.384. The van der Waals surface area contributed by atoms with E-state index in [9.17, 15) is 14.9 Å². The summed E-state index contributed by atoms with van der Waals surface area (Å²) in [6, 6.07) is 19.4. The van der Waals surface area contributed by atoms with E-state index >= 15 is 0 Å². The lowest BCUT2D eigenvalue weighted by Crippen LogP contribution is -2.06.